The molecule has 0 amide bonds. The molecule has 0 heterocycles. The van der Waals surface area contributed by atoms with Gasteiger partial charge < -0.3 is 0 Å². The second-order valence-electron chi connectivity index (χ2n) is 4.17. The van der Waals surface area contributed by atoms with Gasteiger partial charge in [0.2, 0.25) is 0 Å². The van der Waals surface area contributed by atoms with E-state index in [0.29, 0.717) is 0 Å². The van der Waals surface area contributed by atoms with Crippen LogP contribution in [-0.2, 0) is 0 Å². The largest absolute Gasteiger partial charge is 0.0990 e. The van der Waals surface area contributed by atoms with Gasteiger partial charge in [-0.1, -0.05) is 86.1 Å². The Bertz CT molecular complexity index is 165. The van der Waals surface area contributed by atoms with Gasteiger partial charge in [-0.3, -0.25) is 0 Å². The fourth-order valence-corrected chi connectivity index (χ4v) is 0.704. The van der Waals surface area contributed by atoms with Crippen LogP contribution in [0.15, 0.2) is 23.8 Å². The van der Waals surface area contributed by atoms with Crippen LogP contribution < -0.4 is 0 Å². The summed E-state index contributed by atoms with van der Waals surface area (Å²) < 4.78 is 0. The van der Waals surface area contributed by atoms with Gasteiger partial charge in [0.25, 0.3) is 0 Å². The van der Waals surface area contributed by atoms with Crippen LogP contribution >= 0.6 is 0 Å². The van der Waals surface area contributed by atoms with E-state index in [1.54, 1.807) is 0 Å². The molecule has 0 aromatic carbocycles. The molecule has 0 aliphatic rings. The van der Waals surface area contributed by atoms with Crippen molar-refractivity contribution in [1.82, 2.24) is 0 Å². The van der Waals surface area contributed by atoms with Crippen LogP contribution in [0.1, 0.15) is 82.6 Å². The monoisotopic (exact) mass is 242 g/mol. The van der Waals surface area contributed by atoms with Crippen LogP contribution in [-0.4, -0.2) is 0 Å². The van der Waals surface area contributed by atoms with Crippen LogP contribution in [0.5, 0.6) is 0 Å². The van der Waals surface area contributed by atoms with Crippen molar-refractivity contribution in [3.8, 4) is 0 Å². The first kappa shape index (κ1) is 25.4. The van der Waals surface area contributed by atoms with Crippen LogP contribution in [0.2, 0.25) is 0 Å². The molecule has 0 atom stereocenters. The first-order chi connectivity index (χ1) is 7.88. The lowest BCUT2D eigenvalue weighted by molar-refractivity contribution is 0.493. The third-order valence-corrected chi connectivity index (χ3v) is 2.05. The van der Waals surface area contributed by atoms with Gasteiger partial charge in [0, 0.05) is 0 Å². The maximum Gasteiger partial charge on any atom is -0.0109 e. The number of hydrogen-bond acceptors (Lipinski definition) is 0. The Labute approximate surface area is 112 Å². The average Bonchev–Trinajstić information content (AvgIpc) is 2.35. The first-order valence-corrected chi connectivity index (χ1v) is 7.18. The van der Waals surface area contributed by atoms with Gasteiger partial charge in [-0.2, -0.15) is 0 Å². The van der Waals surface area contributed by atoms with Gasteiger partial charge in [0.15, 0.2) is 0 Å². The van der Waals surface area contributed by atoms with Crippen molar-refractivity contribution in [2.45, 2.75) is 82.6 Å². The van der Waals surface area contributed by atoms with Gasteiger partial charge in [0.05, 0.1) is 0 Å². The average molecular weight is 242 g/mol. The molecule has 0 spiro atoms. The Morgan fingerprint density at radius 2 is 1.24 bits per heavy atom. The molecule has 0 N–H and O–H groups in total. The predicted octanol–water partition coefficient (Wildman–Crippen LogP) is 7.02. The fraction of sp³-hybridized carbons (Fsp3) is 0.765. The molecule has 106 valence electrons. The SMILES string of the molecule is C=C(C/C(C)=C\C)C(C)(C)C.CC.CC.CC. The molecule has 0 saturated heterocycles. The smallest absolute Gasteiger partial charge is 0.0109 e. The molecule has 0 aromatic rings. The van der Waals surface area contributed by atoms with Crippen LogP contribution in [0.25, 0.3) is 0 Å². The van der Waals surface area contributed by atoms with E-state index in [4.69, 9.17) is 0 Å². The van der Waals surface area contributed by atoms with Gasteiger partial charge in [-0.05, 0) is 25.7 Å². The highest BCUT2D eigenvalue weighted by atomic mass is 14.2. The second-order valence-corrected chi connectivity index (χ2v) is 4.17. The van der Waals surface area contributed by atoms with Gasteiger partial charge in [-0.15, -0.1) is 0 Å². The molecule has 0 heteroatoms. The topological polar surface area (TPSA) is 0 Å². The Hall–Kier alpha value is -0.520. The van der Waals surface area contributed by atoms with Crippen molar-refractivity contribution in [1.29, 1.82) is 0 Å². The van der Waals surface area contributed by atoms with E-state index >= 15 is 0 Å². The Morgan fingerprint density at radius 1 is 0.941 bits per heavy atom. The van der Waals surface area contributed by atoms with E-state index in [-0.39, 0.29) is 5.41 Å². The van der Waals surface area contributed by atoms with E-state index in [9.17, 15) is 0 Å². The van der Waals surface area contributed by atoms with E-state index in [1.165, 1.54) is 11.1 Å². The Balaban J connectivity index is -0.000000121. The van der Waals surface area contributed by atoms with Crippen LogP contribution in [0.4, 0.5) is 0 Å². The summed E-state index contributed by atoms with van der Waals surface area (Å²) >= 11 is 0. The minimum absolute atomic E-state index is 0.254. The number of allylic oxidation sites excluding steroid dienone is 3. The predicted molar refractivity (Wildman–Crippen MR) is 86.7 cm³/mol. The van der Waals surface area contributed by atoms with Crippen molar-refractivity contribution in [2.24, 2.45) is 5.41 Å². The lowest BCUT2D eigenvalue weighted by atomic mass is 9.84. The Morgan fingerprint density at radius 3 is 1.41 bits per heavy atom. The van der Waals surface area contributed by atoms with Crippen LogP contribution in [0, 0.1) is 5.41 Å². The molecule has 0 aliphatic heterocycles. The van der Waals surface area contributed by atoms with Crippen molar-refractivity contribution >= 4 is 0 Å². The van der Waals surface area contributed by atoms with Crippen molar-refractivity contribution in [3.05, 3.63) is 23.8 Å². The summed E-state index contributed by atoms with van der Waals surface area (Å²) in [6.07, 6.45) is 3.19. The van der Waals surface area contributed by atoms with E-state index < -0.39 is 0 Å². The van der Waals surface area contributed by atoms with Crippen LogP contribution in [0.3, 0.4) is 0 Å². The molecule has 0 fully saturated rings. The van der Waals surface area contributed by atoms with Gasteiger partial charge in [-0.25, -0.2) is 0 Å². The summed E-state index contributed by atoms with van der Waals surface area (Å²) in [6, 6.07) is 0. The lowest BCUT2D eigenvalue weighted by Crippen LogP contribution is -2.08. The first-order valence-electron chi connectivity index (χ1n) is 7.18. The fourth-order valence-electron chi connectivity index (χ4n) is 0.704. The molecule has 0 unspecified atom stereocenters. The van der Waals surface area contributed by atoms with Crippen molar-refractivity contribution < 1.29 is 0 Å². The summed E-state index contributed by atoms with van der Waals surface area (Å²) in [6.45, 7) is 26.9. The standard InChI is InChI=1S/C11H20.3C2H6/c1-7-9(2)8-10(3)11(4,5)6;3*1-2/h7H,3,8H2,1-2,4-6H3;3*1-2H3/b9-7-;;;. The molecular formula is C17H38. The number of hydrogen-bond donors (Lipinski definition) is 0. The molecule has 0 bridgehead atoms. The quantitative estimate of drug-likeness (QED) is 0.456. The molecule has 0 aromatic heterocycles. The lowest BCUT2D eigenvalue weighted by Gasteiger charge is -2.21. The molecule has 17 heavy (non-hydrogen) atoms. The zero-order valence-electron chi connectivity index (χ0n) is 14.5. The molecule has 0 radical (unpaired) electrons. The summed E-state index contributed by atoms with van der Waals surface area (Å²) in [4.78, 5) is 0. The third kappa shape index (κ3) is 21.3. The van der Waals surface area contributed by atoms with Gasteiger partial charge >= 0.3 is 0 Å². The number of rotatable bonds is 2. The maximum atomic E-state index is 4.07. The van der Waals surface area contributed by atoms with E-state index in [2.05, 4.69) is 47.3 Å². The highest BCUT2D eigenvalue weighted by Gasteiger charge is 2.14. The van der Waals surface area contributed by atoms with Crippen molar-refractivity contribution in [2.75, 3.05) is 0 Å². The maximum absolute atomic E-state index is 4.07. The zero-order chi connectivity index (χ0) is 15.1. The van der Waals surface area contributed by atoms with E-state index in [1.807, 2.05) is 41.5 Å². The summed E-state index contributed by atoms with van der Waals surface area (Å²) in [5.41, 5.74) is 2.97. The highest BCUT2D eigenvalue weighted by Crippen LogP contribution is 2.28. The molecule has 0 saturated carbocycles. The minimum Gasteiger partial charge on any atom is -0.0990 e. The molecule has 0 aliphatic carbocycles. The highest BCUT2D eigenvalue weighted by molar-refractivity contribution is 5.15. The second kappa shape index (κ2) is 17.9. The summed E-state index contributed by atoms with van der Waals surface area (Å²) in [7, 11) is 0. The third-order valence-electron chi connectivity index (χ3n) is 2.05. The molecule has 0 nitrogen and oxygen atoms in total. The zero-order valence-corrected chi connectivity index (χ0v) is 14.5. The molecular weight excluding hydrogens is 204 g/mol. The van der Waals surface area contributed by atoms with Gasteiger partial charge in [0.1, 0.15) is 0 Å². The van der Waals surface area contributed by atoms with Crippen molar-refractivity contribution in [3.63, 3.8) is 0 Å². The van der Waals surface area contributed by atoms with E-state index in [0.717, 1.165) is 6.42 Å². The Kier molecular flexibility index (Phi) is 26.6. The summed E-state index contributed by atoms with van der Waals surface area (Å²) in [5, 5.41) is 0. The summed E-state index contributed by atoms with van der Waals surface area (Å²) in [5.74, 6) is 0. The normalized spacial score (nSPS) is 9.71. The molecule has 0 rings (SSSR count). The minimum atomic E-state index is 0.254.